The molecule has 0 aliphatic rings. The van der Waals surface area contributed by atoms with Gasteiger partial charge in [0.15, 0.2) is 5.11 Å². The first-order valence-electron chi connectivity index (χ1n) is 7.86. The van der Waals surface area contributed by atoms with Gasteiger partial charge in [-0.25, -0.2) is 0 Å². The number of benzene rings is 1. The van der Waals surface area contributed by atoms with Crippen molar-refractivity contribution in [3.8, 4) is 5.75 Å². The van der Waals surface area contributed by atoms with Crippen molar-refractivity contribution >= 4 is 40.7 Å². The van der Waals surface area contributed by atoms with E-state index >= 15 is 0 Å². The molecule has 0 heterocycles. The van der Waals surface area contributed by atoms with Gasteiger partial charge in [0.2, 0.25) is 17.7 Å². The van der Waals surface area contributed by atoms with E-state index in [0.29, 0.717) is 12.3 Å². The molecule has 3 amide bonds. The van der Waals surface area contributed by atoms with E-state index in [9.17, 15) is 14.4 Å². The number of hydrogen-bond donors (Lipinski definition) is 4. The highest BCUT2D eigenvalue weighted by Crippen LogP contribution is 2.15. The van der Waals surface area contributed by atoms with Gasteiger partial charge in [0.25, 0.3) is 0 Å². The second-order valence-corrected chi connectivity index (χ2v) is 5.32. The lowest BCUT2D eigenvalue weighted by Gasteiger charge is -2.10. The summed E-state index contributed by atoms with van der Waals surface area (Å²) >= 11 is 4.82. The van der Waals surface area contributed by atoms with Gasteiger partial charge >= 0.3 is 0 Å². The molecule has 0 aliphatic heterocycles. The zero-order valence-electron chi connectivity index (χ0n) is 14.2. The molecule has 0 fully saturated rings. The van der Waals surface area contributed by atoms with Gasteiger partial charge in [-0.2, -0.15) is 0 Å². The Hall–Kier alpha value is -2.68. The minimum atomic E-state index is -0.421. The zero-order valence-corrected chi connectivity index (χ0v) is 15.0. The van der Waals surface area contributed by atoms with Crippen LogP contribution in [0.5, 0.6) is 5.75 Å². The van der Waals surface area contributed by atoms with Crippen molar-refractivity contribution in [2.45, 2.75) is 33.1 Å². The number of carbonyl (C=O) groups excluding carboxylic acids is 3. The van der Waals surface area contributed by atoms with Crippen molar-refractivity contribution in [2.75, 3.05) is 11.9 Å². The fraction of sp³-hybridized carbons (Fsp3) is 0.375. The maximum absolute atomic E-state index is 11.8. The summed E-state index contributed by atoms with van der Waals surface area (Å²) < 4.78 is 5.31. The lowest BCUT2D eigenvalue weighted by atomic mass is 10.2. The van der Waals surface area contributed by atoms with Crippen molar-refractivity contribution in [1.82, 2.24) is 16.2 Å². The van der Waals surface area contributed by atoms with Crippen molar-refractivity contribution in [3.05, 3.63) is 24.3 Å². The van der Waals surface area contributed by atoms with Crippen LogP contribution in [-0.2, 0) is 14.4 Å². The molecule has 4 N–H and O–H groups in total. The fourth-order valence-corrected chi connectivity index (χ4v) is 1.85. The number of ether oxygens (including phenoxy) is 1. The highest BCUT2D eigenvalue weighted by atomic mass is 32.1. The Balaban J connectivity index is 2.27. The summed E-state index contributed by atoms with van der Waals surface area (Å²) in [5.41, 5.74) is 5.33. The van der Waals surface area contributed by atoms with Crippen LogP contribution in [0.2, 0.25) is 0 Å². The smallest absolute Gasteiger partial charge is 0.238 e. The van der Waals surface area contributed by atoms with Crippen molar-refractivity contribution in [1.29, 1.82) is 0 Å². The summed E-state index contributed by atoms with van der Waals surface area (Å²) in [6, 6.07) is 6.95. The second-order valence-electron chi connectivity index (χ2n) is 4.91. The maximum Gasteiger partial charge on any atom is 0.238 e. The zero-order chi connectivity index (χ0) is 18.7. The van der Waals surface area contributed by atoms with Crippen LogP contribution in [0.4, 0.5) is 5.69 Å². The SMILES string of the molecule is CCOc1ccc(NC(=O)CCC(=O)NNC(=S)NC(=O)CC)cc1. The molecule has 1 aromatic rings. The minimum absolute atomic E-state index is 0.000889. The van der Waals surface area contributed by atoms with E-state index < -0.39 is 5.91 Å². The highest BCUT2D eigenvalue weighted by Gasteiger charge is 2.08. The van der Waals surface area contributed by atoms with E-state index in [0.717, 1.165) is 5.75 Å². The Labute approximate surface area is 151 Å². The van der Waals surface area contributed by atoms with E-state index in [4.69, 9.17) is 17.0 Å². The van der Waals surface area contributed by atoms with Crippen molar-refractivity contribution in [3.63, 3.8) is 0 Å². The molecule has 0 radical (unpaired) electrons. The first-order chi connectivity index (χ1) is 11.9. The Morgan fingerprint density at radius 3 is 2.20 bits per heavy atom. The Bertz CT molecular complexity index is 619. The number of hydrogen-bond acceptors (Lipinski definition) is 5. The normalized spacial score (nSPS) is 9.68. The molecule has 8 nitrogen and oxygen atoms in total. The molecular formula is C16H22N4O4S. The predicted molar refractivity (Wildman–Crippen MR) is 97.8 cm³/mol. The number of rotatable bonds is 7. The Kier molecular flexibility index (Phi) is 8.94. The number of carbonyl (C=O) groups is 3. The van der Waals surface area contributed by atoms with E-state index in [2.05, 4.69) is 21.5 Å². The van der Waals surface area contributed by atoms with E-state index in [1.807, 2.05) is 6.92 Å². The van der Waals surface area contributed by atoms with Crippen LogP contribution in [0.3, 0.4) is 0 Å². The van der Waals surface area contributed by atoms with E-state index in [1.165, 1.54) is 0 Å². The number of amides is 3. The lowest BCUT2D eigenvalue weighted by Crippen LogP contribution is -2.48. The minimum Gasteiger partial charge on any atom is -0.494 e. The molecule has 136 valence electrons. The largest absolute Gasteiger partial charge is 0.494 e. The summed E-state index contributed by atoms with van der Waals surface area (Å²) in [5.74, 6) is -0.255. The molecule has 0 unspecified atom stereocenters. The fourth-order valence-electron chi connectivity index (χ4n) is 1.69. The molecular weight excluding hydrogens is 344 g/mol. The molecule has 0 atom stereocenters. The molecule has 0 saturated heterocycles. The van der Waals surface area contributed by atoms with Gasteiger partial charge in [-0.3, -0.25) is 25.2 Å². The number of thiocarbonyl (C=S) groups is 1. The Morgan fingerprint density at radius 2 is 1.60 bits per heavy atom. The first kappa shape index (κ1) is 20.4. The molecule has 9 heteroatoms. The summed E-state index contributed by atoms with van der Waals surface area (Å²) in [7, 11) is 0. The number of nitrogens with one attached hydrogen (secondary N) is 4. The van der Waals surface area contributed by atoms with Crippen LogP contribution in [0.15, 0.2) is 24.3 Å². The van der Waals surface area contributed by atoms with Crippen LogP contribution >= 0.6 is 12.2 Å². The maximum atomic E-state index is 11.8. The summed E-state index contributed by atoms with van der Waals surface area (Å²) in [6.45, 7) is 4.14. The number of anilines is 1. The van der Waals surface area contributed by atoms with Crippen LogP contribution < -0.4 is 26.2 Å². The molecule has 0 aromatic heterocycles. The molecule has 0 spiro atoms. The predicted octanol–water partition coefficient (Wildman–Crippen LogP) is 1.24. The topological polar surface area (TPSA) is 109 Å². The van der Waals surface area contributed by atoms with Crippen LogP contribution in [0.25, 0.3) is 0 Å². The van der Waals surface area contributed by atoms with Gasteiger partial charge in [-0.1, -0.05) is 6.92 Å². The summed E-state index contributed by atoms with van der Waals surface area (Å²) in [4.78, 5) is 34.6. The summed E-state index contributed by atoms with van der Waals surface area (Å²) in [6.07, 6.45) is 0.260. The summed E-state index contributed by atoms with van der Waals surface area (Å²) in [5, 5.41) is 5.06. The van der Waals surface area contributed by atoms with Crippen molar-refractivity contribution in [2.24, 2.45) is 0 Å². The quantitative estimate of drug-likeness (QED) is 0.427. The van der Waals surface area contributed by atoms with Gasteiger partial charge < -0.3 is 15.4 Å². The molecule has 1 rings (SSSR count). The molecule has 25 heavy (non-hydrogen) atoms. The van der Waals surface area contributed by atoms with Crippen molar-refractivity contribution < 1.29 is 19.1 Å². The monoisotopic (exact) mass is 366 g/mol. The van der Waals surface area contributed by atoms with E-state index in [-0.39, 0.29) is 36.2 Å². The standard InChI is InChI=1S/C16H22N4O4S/c1-3-13(21)18-16(25)20-19-15(23)10-9-14(22)17-11-5-7-12(8-6-11)24-4-2/h5-8H,3-4,9-10H2,1-2H3,(H,17,22)(H,19,23)(H2,18,20,21,25). The first-order valence-corrected chi connectivity index (χ1v) is 8.26. The van der Waals surface area contributed by atoms with Crippen LogP contribution in [-0.4, -0.2) is 29.4 Å². The van der Waals surface area contributed by atoms with Crippen LogP contribution in [0.1, 0.15) is 33.1 Å². The second kappa shape index (κ2) is 11.0. The molecule has 0 aliphatic carbocycles. The van der Waals surface area contributed by atoms with Gasteiger partial charge in [0.05, 0.1) is 6.61 Å². The van der Waals surface area contributed by atoms with Gasteiger partial charge in [-0.05, 0) is 43.4 Å². The van der Waals surface area contributed by atoms with Gasteiger partial charge in [-0.15, -0.1) is 0 Å². The third-order valence-corrected chi connectivity index (χ3v) is 3.12. The van der Waals surface area contributed by atoms with E-state index in [1.54, 1.807) is 31.2 Å². The molecule has 1 aromatic carbocycles. The average molecular weight is 366 g/mol. The third-order valence-electron chi connectivity index (χ3n) is 2.92. The molecule has 0 saturated carbocycles. The average Bonchev–Trinajstić information content (AvgIpc) is 2.60. The molecule has 0 bridgehead atoms. The Morgan fingerprint density at radius 1 is 0.960 bits per heavy atom. The highest BCUT2D eigenvalue weighted by molar-refractivity contribution is 7.80. The van der Waals surface area contributed by atoms with Gasteiger partial charge in [0, 0.05) is 24.9 Å². The van der Waals surface area contributed by atoms with Gasteiger partial charge in [0.1, 0.15) is 5.75 Å². The third kappa shape index (κ3) is 8.66. The van der Waals surface area contributed by atoms with Crippen LogP contribution in [0, 0.1) is 0 Å². The number of hydrazine groups is 1. The lowest BCUT2D eigenvalue weighted by molar-refractivity contribution is -0.124.